The van der Waals surface area contributed by atoms with Crippen LogP contribution in [0.25, 0.3) is 0 Å². The third-order valence-corrected chi connectivity index (χ3v) is 3.24. The van der Waals surface area contributed by atoms with Gasteiger partial charge in [0.15, 0.2) is 5.03 Å². The van der Waals surface area contributed by atoms with Gasteiger partial charge in [-0.05, 0) is 19.3 Å². The first-order valence-corrected chi connectivity index (χ1v) is 5.91. The van der Waals surface area contributed by atoms with E-state index in [9.17, 15) is 8.42 Å². The first-order chi connectivity index (χ1) is 5.59. The van der Waals surface area contributed by atoms with Crippen LogP contribution < -0.4 is 0 Å². The van der Waals surface area contributed by atoms with Crippen LogP contribution in [-0.4, -0.2) is 18.6 Å². The fraction of sp³-hybridized carbons (Fsp3) is 0.500. The molecule has 1 aliphatic carbocycles. The first-order valence-electron chi connectivity index (χ1n) is 3.60. The summed E-state index contributed by atoms with van der Waals surface area (Å²) in [6.07, 6.45) is 2.60. The molecule has 0 bridgehead atoms. The molecule has 2 rings (SSSR count). The molecule has 6 heteroatoms. The molecule has 0 radical (unpaired) electrons. The molecule has 0 fully saturated rings. The predicted octanol–water partition coefficient (Wildman–Crippen LogP) is 0.826. The molecule has 0 aromatic carbocycles. The highest BCUT2D eigenvalue weighted by molar-refractivity contribution is 8.13. The van der Waals surface area contributed by atoms with Crippen molar-refractivity contribution in [2.24, 2.45) is 0 Å². The molecule has 0 amide bonds. The molecule has 1 aromatic rings. The lowest BCUT2D eigenvalue weighted by molar-refractivity contribution is 0.604. The van der Waals surface area contributed by atoms with E-state index in [2.05, 4.69) is 10.2 Å². The summed E-state index contributed by atoms with van der Waals surface area (Å²) in [5, 5.41) is 6.35. The second-order valence-corrected chi connectivity index (χ2v) is 5.26. The van der Waals surface area contributed by atoms with Crippen molar-refractivity contribution >= 4 is 19.7 Å². The number of aromatic nitrogens is 2. The summed E-state index contributed by atoms with van der Waals surface area (Å²) >= 11 is 0. The third-order valence-electron chi connectivity index (χ3n) is 2.00. The van der Waals surface area contributed by atoms with Crippen molar-refractivity contribution in [2.45, 2.75) is 24.3 Å². The van der Waals surface area contributed by atoms with Crippen molar-refractivity contribution in [1.29, 1.82) is 0 Å². The van der Waals surface area contributed by atoms with Crippen LogP contribution in [0.1, 0.15) is 17.7 Å². The van der Waals surface area contributed by atoms with Gasteiger partial charge in [0, 0.05) is 21.9 Å². The van der Waals surface area contributed by atoms with Crippen LogP contribution in [0.3, 0.4) is 0 Å². The summed E-state index contributed by atoms with van der Waals surface area (Å²) in [6, 6.07) is 0. The van der Waals surface area contributed by atoms with E-state index in [-0.39, 0.29) is 5.03 Å². The van der Waals surface area contributed by atoms with Gasteiger partial charge in [0.1, 0.15) is 0 Å². The minimum atomic E-state index is -3.65. The number of nitrogens with one attached hydrogen (secondary N) is 1. The molecular formula is C6H7ClN2O2S. The predicted molar refractivity (Wildman–Crippen MR) is 43.7 cm³/mol. The maximum absolute atomic E-state index is 10.9. The minimum absolute atomic E-state index is 0.0108. The zero-order valence-corrected chi connectivity index (χ0v) is 7.74. The number of hydrogen-bond donors (Lipinski definition) is 1. The maximum Gasteiger partial charge on any atom is 0.280 e. The summed E-state index contributed by atoms with van der Waals surface area (Å²) in [5.74, 6) is 0. The lowest BCUT2D eigenvalue weighted by atomic mass is 10.3. The van der Waals surface area contributed by atoms with Gasteiger partial charge >= 0.3 is 0 Å². The second-order valence-electron chi connectivity index (χ2n) is 2.78. The van der Waals surface area contributed by atoms with E-state index in [0.29, 0.717) is 0 Å². The second kappa shape index (κ2) is 2.47. The van der Waals surface area contributed by atoms with Crippen LogP contribution in [0.5, 0.6) is 0 Å². The summed E-state index contributed by atoms with van der Waals surface area (Å²) in [5.41, 5.74) is 1.68. The highest BCUT2D eigenvalue weighted by atomic mass is 35.7. The van der Waals surface area contributed by atoms with Crippen molar-refractivity contribution in [3.63, 3.8) is 0 Å². The number of rotatable bonds is 1. The van der Waals surface area contributed by atoms with Crippen molar-refractivity contribution in [3.05, 3.63) is 11.3 Å². The number of nitrogens with zero attached hydrogens (tertiary/aromatic N) is 1. The Morgan fingerprint density at radius 3 is 2.83 bits per heavy atom. The lowest BCUT2D eigenvalue weighted by Crippen LogP contribution is -1.95. The van der Waals surface area contributed by atoms with E-state index in [1.807, 2.05) is 0 Å². The molecule has 0 saturated heterocycles. The fourth-order valence-electron chi connectivity index (χ4n) is 1.49. The van der Waals surface area contributed by atoms with Crippen LogP contribution in [-0.2, 0) is 21.9 Å². The maximum atomic E-state index is 10.9. The van der Waals surface area contributed by atoms with Crippen LogP contribution in [0.2, 0.25) is 0 Å². The van der Waals surface area contributed by atoms with Crippen molar-refractivity contribution in [2.75, 3.05) is 0 Å². The van der Waals surface area contributed by atoms with Gasteiger partial charge in [0.05, 0.1) is 0 Å². The largest absolute Gasteiger partial charge is 0.281 e. The Labute approximate surface area is 74.4 Å². The number of halogens is 1. The molecular weight excluding hydrogens is 200 g/mol. The minimum Gasteiger partial charge on any atom is -0.281 e. The van der Waals surface area contributed by atoms with Crippen LogP contribution in [0.4, 0.5) is 0 Å². The highest BCUT2D eigenvalue weighted by Crippen LogP contribution is 2.27. The number of hydrogen-bond acceptors (Lipinski definition) is 3. The van der Waals surface area contributed by atoms with Crippen molar-refractivity contribution in [3.8, 4) is 0 Å². The van der Waals surface area contributed by atoms with Gasteiger partial charge in [0.25, 0.3) is 9.05 Å². The normalized spacial score (nSPS) is 16.4. The number of aryl methyl sites for hydroxylation is 1. The topological polar surface area (TPSA) is 62.8 Å². The van der Waals surface area contributed by atoms with Gasteiger partial charge in [-0.15, -0.1) is 0 Å². The Kier molecular flexibility index (Phi) is 1.66. The first kappa shape index (κ1) is 8.07. The summed E-state index contributed by atoms with van der Waals surface area (Å²) < 4.78 is 21.9. The van der Waals surface area contributed by atoms with Gasteiger partial charge in [0.2, 0.25) is 0 Å². The van der Waals surface area contributed by atoms with E-state index in [4.69, 9.17) is 10.7 Å². The Balaban J connectivity index is 2.61. The molecule has 1 heterocycles. The summed E-state index contributed by atoms with van der Waals surface area (Å²) in [7, 11) is 1.52. The van der Waals surface area contributed by atoms with Crippen molar-refractivity contribution < 1.29 is 8.42 Å². The van der Waals surface area contributed by atoms with Gasteiger partial charge in [-0.3, -0.25) is 5.10 Å². The average Bonchev–Trinajstić information content (AvgIpc) is 2.37. The SMILES string of the molecule is O=S(=O)(Cl)c1n[nH]c2c1CCC2. The molecule has 0 aliphatic heterocycles. The molecule has 12 heavy (non-hydrogen) atoms. The molecule has 1 aliphatic rings. The molecule has 1 N–H and O–H groups in total. The molecule has 66 valence electrons. The molecule has 0 atom stereocenters. The summed E-state index contributed by atoms with van der Waals surface area (Å²) in [4.78, 5) is 0. The zero-order chi connectivity index (χ0) is 8.77. The Morgan fingerprint density at radius 1 is 1.42 bits per heavy atom. The quantitative estimate of drug-likeness (QED) is 0.693. The highest BCUT2D eigenvalue weighted by Gasteiger charge is 2.25. The van der Waals surface area contributed by atoms with Gasteiger partial charge in [-0.2, -0.15) is 5.10 Å². The molecule has 0 saturated carbocycles. The van der Waals surface area contributed by atoms with Crippen LogP contribution in [0, 0.1) is 0 Å². The van der Waals surface area contributed by atoms with Crippen LogP contribution in [0.15, 0.2) is 5.03 Å². The zero-order valence-electron chi connectivity index (χ0n) is 6.17. The van der Waals surface area contributed by atoms with Gasteiger partial charge in [-0.1, -0.05) is 0 Å². The van der Waals surface area contributed by atoms with E-state index in [0.717, 1.165) is 30.5 Å². The average molecular weight is 207 g/mol. The van der Waals surface area contributed by atoms with E-state index >= 15 is 0 Å². The molecule has 0 unspecified atom stereocenters. The number of H-pyrrole nitrogens is 1. The lowest BCUT2D eigenvalue weighted by Gasteiger charge is -1.91. The van der Waals surface area contributed by atoms with Gasteiger partial charge < -0.3 is 0 Å². The third kappa shape index (κ3) is 1.13. The van der Waals surface area contributed by atoms with E-state index in [1.165, 1.54) is 0 Å². The monoisotopic (exact) mass is 206 g/mol. The summed E-state index contributed by atoms with van der Waals surface area (Å²) in [6.45, 7) is 0. The molecule has 4 nitrogen and oxygen atoms in total. The Morgan fingerprint density at radius 2 is 2.17 bits per heavy atom. The van der Waals surface area contributed by atoms with Gasteiger partial charge in [-0.25, -0.2) is 8.42 Å². The molecule has 1 aromatic heterocycles. The number of aromatic amines is 1. The van der Waals surface area contributed by atoms with E-state index < -0.39 is 9.05 Å². The number of fused-ring (bicyclic) bond motifs is 1. The molecule has 0 spiro atoms. The Bertz CT molecular complexity index is 409. The standard InChI is InChI=1S/C6H7ClN2O2S/c7-12(10,11)6-4-2-1-3-5(4)8-9-6/h1-3H2,(H,8,9). The Hall–Kier alpha value is -0.550. The van der Waals surface area contributed by atoms with E-state index in [1.54, 1.807) is 0 Å². The van der Waals surface area contributed by atoms with Crippen LogP contribution >= 0.6 is 10.7 Å². The van der Waals surface area contributed by atoms with Crippen molar-refractivity contribution in [1.82, 2.24) is 10.2 Å². The smallest absolute Gasteiger partial charge is 0.280 e. The fourth-order valence-corrected chi connectivity index (χ4v) is 2.55.